The maximum Gasteiger partial charge on any atom is 0.321 e. The van der Waals surface area contributed by atoms with Crippen LogP contribution < -0.4 is 5.32 Å². The van der Waals surface area contributed by atoms with Gasteiger partial charge in [0.2, 0.25) is 10.0 Å². The molecule has 6 nitrogen and oxygen atoms in total. The Morgan fingerprint density at radius 2 is 1.38 bits per heavy atom. The Morgan fingerprint density at radius 3 is 1.96 bits per heavy atom. The predicted octanol–water partition coefficient (Wildman–Crippen LogP) is 2.88. The Labute approximate surface area is 143 Å². The molecule has 1 aromatic carbocycles. The molecule has 3 rings (SSSR count). The molecule has 1 aromatic rings. The van der Waals surface area contributed by atoms with Gasteiger partial charge in [-0.3, -0.25) is 0 Å². The first kappa shape index (κ1) is 17.2. The summed E-state index contributed by atoms with van der Waals surface area (Å²) >= 11 is 0. The van der Waals surface area contributed by atoms with Crippen LogP contribution in [0.5, 0.6) is 0 Å². The van der Waals surface area contributed by atoms with Gasteiger partial charge in [0.15, 0.2) is 0 Å². The Bertz CT molecular complexity index is 659. The molecule has 0 aromatic heterocycles. The summed E-state index contributed by atoms with van der Waals surface area (Å²) in [5, 5.41) is 2.83. The number of anilines is 1. The van der Waals surface area contributed by atoms with Gasteiger partial charge < -0.3 is 10.2 Å². The van der Waals surface area contributed by atoms with E-state index in [2.05, 4.69) is 5.32 Å². The molecular formula is C17H25N3O3S. The fourth-order valence-electron chi connectivity index (χ4n) is 3.26. The summed E-state index contributed by atoms with van der Waals surface area (Å²) in [6.45, 7) is 2.76. The molecule has 0 bridgehead atoms. The first-order valence-corrected chi connectivity index (χ1v) is 10.2. The monoisotopic (exact) mass is 351 g/mol. The minimum atomic E-state index is -3.44. The number of amides is 2. The van der Waals surface area contributed by atoms with Crippen LogP contribution in [0.3, 0.4) is 0 Å². The van der Waals surface area contributed by atoms with Crippen LogP contribution in [-0.4, -0.2) is 49.8 Å². The van der Waals surface area contributed by atoms with Gasteiger partial charge in [0.25, 0.3) is 0 Å². The van der Waals surface area contributed by atoms with Gasteiger partial charge in [0.1, 0.15) is 0 Å². The number of hydrogen-bond acceptors (Lipinski definition) is 3. The van der Waals surface area contributed by atoms with Crippen LogP contribution in [0.1, 0.15) is 38.5 Å². The lowest BCUT2D eigenvalue weighted by molar-refractivity contribution is 0.222. The van der Waals surface area contributed by atoms with Gasteiger partial charge in [-0.1, -0.05) is 12.8 Å². The first-order valence-electron chi connectivity index (χ1n) is 8.73. The van der Waals surface area contributed by atoms with Crippen molar-refractivity contribution in [3.05, 3.63) is 24.3 Å². The number of urea groups is 1. The second-order valence-corrected chi connectivity index (χ2v) is 8.40. The van der Waals surface area contributed by atoms with E-state index in [1.165, 1.54) is 0 Å². The molecule has 2 amide bonds. The molecule has 1 N–H and O–H groups in total. The zero-order valence-electron chi connectivity index (χ0n) is 13.9. The van der Waals surface area contributed by atoms with Crippen LogP contribution in [-0.2, 0) is 10.0 Å². The molecule has 2 aliphatic rings. The summed E-state index contributed by atoms with van der Waals surface area (Å²) in [6, 6.07) is 6.38. The fraction of sp³-hybridized carbons (Fsp3) is 0.588. The molecule has 132 valence electrons. The van der Waals surface area contributed by atoms with E-state index in [0.29, 0.717) is 23.7 Å². The van der Waals surface area contributed by atoms with Crippen LogP contribution in [0.2, 0.25) is 0 Å². The molecular weight excluding hydrogens is 326 g/mol. The third-order valence-electron chi connectivity index (χ3n) is 4.70. The van der Waals surface area contributed by atoms with Gasteiger partial charge in [-0.05, 0) is 49.9 Å². The zero-order valence-corrected chi connectivity index (χ0v) is 14.7. The van der Waals surface area contributed by atoms with Crippen molar-refractivity contribution < 1.29 is 13.2 Å². The number of sulfonamides is 1. The molecule has 0 atom stereocenters. The maximum absolute atomic E-state index is 12.7. The molecule has 7 heteroatoms. The molecule has 0 unspecified atom stereocenters. The second kappa shape index (κ2) is 7.53. The van der Waals surface area contributed by atoms with Gasteiger partial charge in [-0.15, -0.1) is 0 Å². The van der Waals surface area contributed by atoms with Crippen molar-refractivity contribution in [3.8, 4) is 0 Å². The van der Waals surface area contributed by atoms with Gasteiger partial charge in [-0.25, -0.2) is 13.2 Å². The largest absolute Gasteiger partial charge is 0.325 e. The highest BCUT2D eigenvalue weighted by Crippen LogP contribution is 2.22. The van der Waals surface area contributed by atoms with E-state index in [1.54, 1.807) is 33.5 Å². The lowest BCUT2D eigenvalue weighted by atomic mass is 10.2. The van der Waals surface area contributed by atoms with E-state index in [9.17, 15) is 13.2 Å². The Hall–Kier alpha value is -1.60. The van der Waals surface area contributed by atoms with E-state index >= 15 is 0 Å². The first-order chi connectivity index (χ1) is 11.6. The summed E-state index contributed by atoms with van der Waals surface area (Å²) in [7, 11) is -3.44. The minimum Gasteiger partial charge on any atom is -0.325 e. The quantitative estimate of drug-likeness (QED) is 0.910. The SMILES string of the molecule is O=C(Nc1ccc(S(=O)(=O)N2CCCCCC2)cc1)N1CCCC1. The van der Waals surface area contributed by atoms with Crippen molar-refractivity contribution in [1.29, 1.82) is 0 Å². The third-order valence-corrected chi connectivity index (χ3v) is 6.61. The minimum absolute atomic E-state index is 0.115. The topological polar surface area (TPSA) is 69.7 Å². The molecule has 2 fully saturated rings. The summed E-state index contributed by atoms with van der Waals surface area (Å²) < 4.78 is 27.0. The van der Waals surface area contributed by atoms with E-state index in [-0.39, 0.29) is 6.03 Å². The molecule has 0 aliphatic carbocycles. The van der Waals surface area contributed by atoms with E-state index in [1.807, 2.05) is 0 Å². The highest BCUT2D eigenvalue weighted by Gasteiger charge is 2.25. The van der Waals surface area contributed by atoms with Gasteiger partial charge >= 0.3 is 6.03 Å². The van der Waals surface area contributed by atoms with Crippen molar-refractivity contribution in [2.24, 2.45) is 0 Å². The number of nitrogens with zero attached hydrogens (tertiary/aromatic N) is 2. The number of benzene rings is 1. The highest BCUT2D eigenvalue weighted by atomic mass is 32.2. The van der Waals surface area contributed by atoms with E-state index < -0.39 is 10.0 Å². The molecule has 24 heavy (non-hydrogen) atoms. The fourth-order valence-corrected chi connectivity index (χ4v) is 4.78. The molecule has 2 heterocycles. The average Bonchev–Trinajstić information content (AvgIpc) is 2.97. The Kier molecular flexibility index (Phi) is 5.40. The second-order valence-electron chi connectivity index (χ2n) is 6.47. The van der Waals surface area contributed by atoms with Gasteiger partial charge in [0.05, 0.1) is 4.90 Å². The number of carbonyl (C=O) groups excluding carboxylic acids is 1. The Morgan fingerprint density at radius 1 is 0.833 bits per heavy atom. The molecule has 0 spiro atoms. The van der Waals surface area contributed by atoms with E-state index in [0.717, 1.165) is 51.6 Å². The molecule has 0 radical (unpaired) electrons. The van der Waals surface area contributed by atoms with Crippen LogP contribution in [0, 0.1) is 0 Å². The van der Waals surface area contributed by atoms with Crippen LogP contribution in [0.4, 0.5) is 10.5 Å². The summed E-state index contributed by atoms with van der Waals surface area (Å²) in [5.74, 6) is 0. The summed E-state index contributed by atoms with van der Waals surface area (Å²) in [6.07, 6.45) is 6.11. The van der Waals surface area contributed by atoms with Crippen LogP contribution in [0.25, 0.3) is 0 Å². The van der Waals surface area contributed by atoms with Crippen molar-refractivity contribution in [1.82, 2.24) is 9.21 Å². The van der Waals surface area contributed by atoms with Crippen molar-refractivity contribution in [2.75, 3.05) is 31.5 Å². The lowest BCUT2D eigenvalue weighted by Gasteiger charge is -2.20. The number of rotatable bonds is 3. The van der Waals surface area contributed by atoms with Crippen molar-refractivity contribution in [2.45, 2.75) is 43.4 Å². The van der Waals surface area contributed by atoms with Crippen LogP contribution in [0.15, 0.2) is 29.2 Å². The van der Waals surface area contributed by atoms with Crippen molar-refractivity contribution in [3.63, 3.8) is 0 Å². The summed E-state index contributed by atoms with van der Waals surface area (Å²) in [5.41, 5.74) is 0.627. The lowest BCUT2D eigenvalue weighted by Crippen LogP contribution is -2.32. The molecule has 2 saturated heterocycles. The number of carbonyl (C=O) groups is 1. The smallest absolute Gasteiger partial charge is 0.321 e. The molecule has 0 saturated carbocycles. The van der Waals surface area contributed by atoms with Gasteiger partial charge in [0, 0.05) is 31.9 Å². The predicted molar refractivity (Wildman–Crippen MR) is 93.5 cm³/mol. The standard InChI is InChI=1S/C17H25N3O3S/c21-17(19-11-5-6-12-19)18-15-7-9-16(10-8-15)24(22,23)20-13-3-1-2-4-14-20/h7-10H,1-6,11-14H2,(H,18,21). The maximum atomic E-state index is 12.7. The zero-order chi connectivity index (χ0) is 17.0. The number of hydrogen-bond donors (Lipinski definition) is 1. The van der Waals surface area contributed by atoms with Gasteiger partial charge in [-0.2, -0.15) is 4.31 Å². The number of likely N-dealkylation sites (tertiary alicyclic amines) is 1. The highest BCUT2D eigenvalue weighted by molar-refractivity contribution is 7.89. The van der Waals surface area contributed by atoms with E-state index in [4.69, 9.17) is 0 Å². The Balaban J connectivity index is 1.67. The average molecular weight is 351 g/mol. The van der Waals surface area contributed by atoms with Crippen molar-refractivity contribution >= 4 is 21.7 Å². The number of nitrogens with one attached hydrogen (secondary N) is 1. The molecule has 2 aliphatic heterocycles. The normalized spacial score (nSPS) is 19.9. The van der Waals surface area contributed by atoms with Crippen LogP contribution >= 0.6 is 0 Å². The summed E-state index contributed by atoms with van der Waals surface area (Å²) in [4.78, 5) is 14.1. The third kappa shape index (κ3) is 3.89.